The van der Waals surface area contributed by atoms with Crippen molar-refractivity contribution >= 4 is 17.1 Å². The van der Waals surface area contributed by atoms with Crippen molar-refractivity contribution in [3.63, 3.8) is 0 Å². The van der Waals surface area contributed by atoms with E-state index in [2.05, 4.69) is 124 Å². The number of hydrogen-bond donors (Lipinski definition) is 0. The van der Waals surface area contributed by atoms with Gasteiger partial charge < -0.3 is 9.64 Å². The van der Waals surface area contributed by atoms with Crippen LogP contribution in [0, 0.1) is 13.8 Å². The SMILES string of the molecule is Cc1ccccc1N(c1ccc(-c2ccc3c(c2)C(C)(C)OC32CCCC2)cc1)c1ccccc1C. The summed E-state index contributed by atoms with van der Waals surface area (Å²) in [6.45, 7) is 8.82. The third kappa shape index (κ3) is 3.76. The van der Waals surface area contributed by atoms with Crippen molar-refractivity contribution in [2.75, 3.05) is 4.90 Å². The van der Waals surface area contributed by atoms with E-state index in [-0.39, 0.29) is 11.2 Å². The summed E-state index contributed by atoms with van der Waals surface area (Å²) in [5, 5.41) is 0. The van der Waals surface area contributed by atoms with Crippen molar-refractivity contribution in [3.05, 3.63) is 113 Å². The van der Waals surface area contributed by atoms with Crippen molar-refractivity contribution in [3.8, 4) is 11.1 Å². The van der Waals surface area contributed by atoms with Crippen molar-refractivity contribution in [2.45, 2.75) is 64.6 Å². The molecule has 2 heteroatoms. The van der Waals surface area contributed by atoms with E-state index in [9.17, 15) is 0 Å². The molecule has 1 aliphatic heterocycles. The fraction of sp³-hybridized carbons (Fsp3) is 0.294. The van der Waals surface area contributed by atoms with E-state index < -0.39 is 0 Å². The number of benzene rings is 4. The summed E-state index contributed by atoms with van der Waals surface area (Å²) in [6.07, 6.45) is 4.81. The monoisotopic (exact) mass is 473 g/mol. The van der Waals surface area contributed by atoms with Crippen molar-refractivity contribution in [1.29, 1.82) is 0 Å². The number of nitrogens with zero attached hydrogens (tertiary/aromatic N) is 1. The molecule has 1 spiro atoms. The smallest absolute Gasteiger partial charge is 0.0946 e. The Balaban J connectivity index is 1.40. The predicted octanol–water partition coefficient (Wildman–Crippen LogP) is 9.47. The first-order chi connectivity index (χ1) is 17.4. The highest BCUT2D eigenvalue weighted by Gasteiger charge is 2.50. The summed E-state index contributed by atoms with van der Waals surface area (Å²) in [5.41, 5.74) is 11.0. The molecule has 0 amide bonds. The Labute approximate surface area is 215 Å². The van der Waals surface area contributed by atoms with Gasteiger partial charge in [-0.05, 0) is 104 Å². The van der Waals surface area contributed by atoms with E-state index in [0.29, 0.717) is 0 Å². The Kier molecular flexibility index (Phi) is 5.53. The van der Waals surface area contributed by atoms with Crippen LogP contribution >= 0.6 is 0 Å². The summed E-state index contributed by atoms with van der Waals surface area (Å²) < 4.78 is 6.72. The molecule has 1 heterocycles. The quantitative estimate of drug-likeness (QED) is 0.293. The van der Waals surface area contributed by atoms with E-state index in [1.54, 1.807) is 0 Å². The average Bonchev–Trinajstić information content (AvgIpc) is 3.43. The molecule has 0 aromatic heterocycles. The van der Waals surface area contributed by atoms with Crippen LogP contribution in [0.15, 0.2) is 91.0 Å². The minimum Gasteiger partial charge on any atom is -0.360 e. The highest BCUT2D eigenvalue weighted by atomic mass is 16.5. The summed E-state index contributed by atoms with van der Waals surface area (Å²) in [7, 11) is 0. The molecule has 0 bridgehead atoms. The van der Waals surface area contributed by atoms with E-state index in [0.717, 1.165) is 18.5 Å². The first-order valence-corrected chi connectivity index (χ1v) is 13.3. The lowest BCUT2D eigenvalue weighted by Gasteiger charge is -2.28. The third-order valence-electron chi connectivity index (χ3n) is 8.19. The first-order valence-electron chi connectivity index (χ1n) is 13.3. The number of para-hydroxylation sites is 2. The van der Waals surface area contributed by atoms with Gasteiger partial charge in [-0.2, -0.15) is 0 Å². The molecule has 0 saturated heterocycles. The standard InChI is InChI=1S/C34H35NO/c1-24-11-5-7-13-31(24)35(32-14-8-6-12-25(32)2)28-18-15-26(16-19-28)27-17-20-29-30(23-27)33(3,4)36-34(29)21-9-10-22-34/h5-8,11-20,23H,9-10,21-22H2,1-4H3. The van der Waals surface area contributed by atoms with Crippen molar-refractivity contribution in [2.24, 2.45) is 0 Å². The molecule has 4 aromatic carbocycles. The molecular formula is C34H35NO. The van der Waals surface area contributed by atoms with Crippen LogP contribution in [-0.4, -0.2) is 0 Å². The molecule has 182 valence electrons. The second-order valence-electron chi connectivity index (χ2n) is 11.0. The van der Waals surface area contributed by atoms with Crippen LogP contribution in [0.3, 0.4) is 0 Å². The minimum atomic E-state index is -0.248. The van der Waals surface area contributed by atoms with Gasteiger partial charge in [0.15, 0.2) is 0 Å². The van der Waals surface area contributed by atoms with E-state index in [4.69, 9.17) is 4.74 Å². The fourth-order valence-electron chi connectivity index (χ4n) is 6.37. The Morgan fingerprint density at radius 3 is 1.78 bits per heavy atom. The van der Waals surface area contributed by atoms with Gasteiger partial charge in [0, 0.05) is 17.1 Å². The summed E-state index contributed by atoms with van der Waals surface area (Å²) in [6, 6.07) is 33.2. The van der Waals surface area contributed by atoms with Gasteiger partial charge in [0.1, 0.15) is 0 Å². The molecular weight excluding hydrogens is 438 g/mol. The molecule has 4 aromatic rings. The lowest BCUT2D eigenvalue weighted by atomic mass is 9.85. The van der Waals surface area contributed by atoms with E-state index in [1.807, 2.05) is 0 Å². The molecule has 1 fully saturated rings. The van der Waals surface area contributed by atoms with Crippen molar-refractivity contribution in [1.82, 2.24) is 0 Å². The normalized spacial score (nSPS) is 17.3. The molecule has 0 radical (unpaired) electrons. The topological polar surface area (TPSA) is 12.5 Å². The van der Waals surface area contributed by atoms with Crippen LogP contribution < -0.4 is 4.90 Å². The molecule has 36 heavy (non-hydrogen) atoms. The number of fused-ring (bicyclic) bond motifs is 2. The van der Waals surface area contributed by atoms with Gasteiger partial charge in [0.25, 0.3) is 0 Å². The lowest BCUT2D eigenvalue weighted by Crippen LogP contribution is -2.25. The van der Waals surface area contributed by atoms with Gasteiger partial charge in [0.05, 0.1) is 11.2 Å². The third-order valence-corrected chi connectivity index (χ3v) is 8.19. The number of hydrogen-bond acceptors (Lipinski definition) is 2. The number of aryl methyl sites for hydroxylation is 2. The highest BCUT2D eigenvalue weighted by Crippen LogP contribution is 2.55. The van der Waals surface area contributed by atoms with E-state index in [1.165, 1.54) is 57.6 Å². The number of anilines is 3. The second kappa shape index (κ2) is 8.64. The maximum absolute atomic E-state index is 6.72. The summed E-state index contributed by atoms with van der Waals surface area (Å²) in [5.74, 6) is 0. The number of ether oxygens (including phenoxy) is 1. The Hall–Kier alpha value is -3.36. The number of rotatable bonds is 4. The first kappa shape index (κ1) is 23.1. The van der Waals surface area contributed by atoms with Gasteiger partial charge in [-0.15, -0.1) is 0 Å². The second-order valence-corrected chi connectivity index (χ2v) is 11.0. The zero-order chi connectivity index (χ0) is 24.9. The van der Waals surface area contributed by atoms with Gasteiger partial charge in [-0.3, -0.25) is 0 Å². The molecule has 1 saturated carbocycles. The van der Waals surface area contributed by atoms with Crippen LogP contribution in [0.5, 0.6) is 0 Å². The van der Waals surface area contributed by atoms with Crippen LogP contribution in [0.4, 0.5) is 17.1 Å². The Bertz CT molecular complexity index is 1360. The summed E-state index contributed by atoms with van der Waals surface area (Å²) in [4.78, 5) is 2.37. The van der Waals surface area contributed by atoms with Gasteiger partial charge in [-0.1, -0.05) is 73.5 Å². The molecule has 2 nitrogen and oxygen atoms in total. The summed E-state index contributed by atoms with van der Waals surface area (Å²) >= 11 is 0. The van der Waals surface area contributed by atoms with Gasteiger partial charge in [0.2, 0.25) is 0 Å². The van der Waals surface area contributed by atoms with Gasteiger partial charge >= 0.3 is 0 Å². The van der Waals surface area contributed by atoms with Crippen LogP contribution in [-0.2, 0) is 15.9 Å². The minimum absolute atomic E-state index is 0.0667. The molecule has 1 aliphatic carbocycles. The maximum Gasteiger partial charge on any atom is 0.0946 e. The van der Waals surface area contributed by atoms with E-state index >= 15 is 0 Å². The van der Waals surface area contributed by atoms with Crippen LogP contribution in [0.1, 0.15) is 61.8 Å². The average molecular weight is 474 g/mol. The molecule has 0 unspecified atom stereocenters. The fourth-order valence-corrected chi connectivity index (χ4v) is 6.37. The maximum atomic E-state index is 6.72. The predicted molar refractivity (Wildman–Crippen MR) is 150 cm³/mol. The highest BCUT2D eigenvalue weighted by molar-refractivity contribution is 5.81. The van der Waals surface area contributed by atoms with Crippen LogP contribution in [0.25, 0.3) is 11.1 Å². The van der Waals surface area contributed by atoms with Crippen LogP contribution in [0.2, 0.25) is 0 Å². The molecule has 2 aliphatic rings. The Morgan fingerprint density at radius 1 is 0.639 bits per heavy atom. The van der Waals surface area contributed by atoms with Gasteiger partial charge in [-0.25, -0.2) is 0 Å². The molecule has 6 rings (SSSR count). The Morgan fingerprint density at radius 2 is 1.19 bits per heavy atom. The largest absolute Gasteiger partial charge is 0.360 e. The molecule has 0 atom stereocenters. The molecule has 0 N–H and O–H groups in total. The van der Waals surface area contributed by atoms with Crippen molar-refractivity contribution < 1.29 is 4.74 Å². The zero-order valence-electron chi connectivity index (χ0n) is 21.8. The lowest BCUT2D eigenvalue weighted by molar-refractivity contribution is -0.122. The zero-order valence-corrected chi connectivity index (χ0v) is 21.8.